The first-order chi connectivity index (χ1) is 16.7. The number of nitrogens with zero attached hydrogens (tertiary/aromatic N) is 2. The standard InChI is InChI=1S/C27H41BN2O6/c1-25(2,3)34-24(32)30-12-9-10-22(30)20-15-19(28-35-26(4,5)27(6,7)36-28)14-18-11-13-29(16-21(18)20)23(31)17-33-8/h14-15,22H,9-13,16-17H2,1-8H3/t22-/m0/s1. The van der Waals surface area contributed by atoms with Crippen molar-refractivity contribution in [2.24, 2.45) is 0 Å². The second-order valence-electron chi connectivity index (χ2n) is 12.2. The number of carbonyl (C=O) groups excluding carboxylic acids is 2. The van der Waals surface area contributed by atoms with Gasteiger partial charge in [0.15, 0.2) is 0 Å². The Hall–Kier alpha value is -2.10. The fourth-order valence-electron chi connectivity index (χ4n) is 5.19. The van der Waals surface area contributed by atoms with Gasteiger partial charge in [0.1, 0.15) is 12.2 Å². The van der Waals surface area contributed by atoms with E-state index in [2.05, 4.69) is 12.1 Å². The summed E-state index contributed by atoms with van der Waals surface area (Å²) in [6.07, 6.45) is 2.16. The lowest BCUT2D eigenvalue weighted by molar-refractivity contribution is -0.136. The molecule has 0 N–H and O–H groups in total. The zero-order chi connectivity index (χ0) is 26.5. The van der Waals surface area contributed by atoms with Gasteiger partial charge in [0.25, 0.3) is 0 Å². The Morgan fingerprint density at radius 3 is 2.39 bits per heavy atom. The molecular formula is C27H41BN2O6. The van der Waals surface area contributed by atoms with E-state index in [0.29, 0.717) is 19.6 Å². The van der Waals surface area contributed by atoms with E-state index in [9.17, 15) is 9.59 Å². The molecule has 0 radical (unpaired) electrons. The van der Waals surface area contributed by atoms with E-state index in [4.69, 9.17) is 18.8 Å². The van der Waals surface area contributed by atoms with Gasteiger partial charge < -0.3 is 28.6 Å². The molecule has 198 valence electrons. The Morgan fingerprint density at radius 2 is 1.78 bits per heavy atom. The molecule has 3 aliphatic heterocycles. The summed E-state index contributed by atoms with van der Waals surface area (Å²) in [4.78, 5) is 29.5. The van der Waals surface area contributed by atoms with Crippen molar-refractivity contribution < 1.29 is 28.4 Å². The van der Waals surface area contributed by atoms with Crippen LogP contribution in [0.5, 0.6) is 0 Å². The van der Waals surface area contributed by atoms with Crippen molar-refractivity contribution in [3.8, 4) is 0 Å². The van der Waals surface area contributed by atoms with E-state index in [1.807, 2.05) is 58.3 Å². The maximum Gasteiger partial charge on any atom is 0.494 e. The molecule has 2 amide bonds. The maximum absolute atomic E-state index is 13.2. The second kappa shape index (κ2) is 9.65. The van der Waals surface area contributed by atoms with Gasteiger partial charge in [-0.25, -0.2) is 4.79 Å². The highest BCUT2D eigenvalue weighted by atomic mass is 16.7. The lowest BCUT2D eigenvalue weighted by Gasteiger charge is -2.35. The molecule has 3 aliphatic rings. The van der Waals surface area contributed by atoms with Crippen molar-refractivity contribution in [3.63, 3.8) is 0 Å². The molecule has 1 aromatic carbocycles. The number of rotatable bonds is 4. The number of benzene rings is 1. The van der Waals surface area contributed by atoms with E-state index in [1.165, 1.54) is 12.7 Å². The summed E-state index contributed by atoms with van der Waals surface area (Å²) < 4.78 is 23.6. The van der Waals surface area contributed by atoms with Crippen molar-refractivity contribution in [2.45, 2.75) is 97.1 Å². The molecule has 1 atom stereocenters. The van der Waals surface area contributed by atoms with Crippen molar-refractivity contribution in [3.05, 3.63) is 28.8 Å². The van der Waals surface area contributed by atoms with Crippen LogP contribution in [0.2, 0.25) is 0 Å². The van der Waals surface area contributed by atoms with E-state index < -0.39 is 23.9 Å². The highest BCUT2D eigenvalue weighted by molar-refractivity contribution is 6.62. The summed E-state index contributed by atoms with van der Waals surface area (Å²) in [5, 5.41) is 0. The number of amides is 2. The number of hydrogen-bond donors (Lipinski definition) is 0. The van der Waals surface area contributed by atoms with Crippen LogP contribution in [-0.4, -0.2) is 72.5 Å². The van der Waals surface area contributed by atoms with E-state index >= 15 is 0 Å². The number of fused-ring (bicyclic) bond motifs is 1. The molecule has 0 aromatic heterocycles. The van der Waals surface area contributed by atoms with Crippen LogP contribution in [0.4, 0.5) is 4.79 Å². The Bertz CT molecular complexity index is 1000. The minimum atomic E-state index is -0.572. The molecule has 8 nitrogen and oxygen atoms in total. The number of carbonyl (C=O) groups is 2. The molecule has 3 heterocycles. The van der Waals surface area contributed by atoms with Gasteiger partial charge in [-0.15, -0.1) is 0 Å². The molecule has 1 aromatic rings. The Kier molecular flexibility index (Phi) is 7.23. The molecule has 0 aliphatic carbocycles. The van der Waals surface area contributed by atoms with Crippen molar-refractivity contribution in [1.82, 2.24) is 9.80 Å². The number of hydrogen-bond acceptors (Lipinski definition) is 6. The predicted molar refractivity (Wildman–Crippen MR) is 138 cm³/mol. The smallest absolute Gasteiger partial charge is 0.444 e. The molecule has 4 rings (SSSR count). The summed E-state index contributed by atoms with van der Waals surface area (Å²) in [5.41, 5.74) is 2.81. The SMILES string of the molecule is COCC(=O)N1CCc2cc(B3OC(C)(C)C(C)(C)O3)cc([C@@H]3CCCN3C(=O)OC(C)(C)C)c2C1. The zero-order valence-corrected chi connectivity index (χ0v) is 23.1. The van der Waals surface area contributed by atoms with Crippen molar-refractivity contribution in [2.75, 3.05) is 26.8 Å². The van der Waals surface area contributed by atoms with Gasteiger partial charge >= 0.3 is 13.2 Å². The van der Waals surface area contributed by atoms with Gasteiger partial charge in [-0.05, 0) is 89.9 Å². The Balaban J connectivity index is 1.74. The van der Waals surface area contributed by atoms with Gasteiger partial charge in [0, 0.05) is 26.7 Å². The van der Waals surface area contributed by atoms with Gasteiger partial charge in [-0.2, -0.15) is 0 Å². The van der Waals surface area contributed by atoms with Gasteiger partial charge in [-0.3, -0.25) is 4.79 Å². The molecule has 0 spiro atoms. The summed E-state index contributed by atoms with van der Waals surface area (Å²) in [6, 6.07) is 4.15. The molecule has 0 saturated carbocycles. The number of likely N-dealkylation sites (tertiary alicyclic amines) is 1. The van der Waals surface area contributed by atoms with Crippen LogP contribution in [0.3, 0.4) is 0 Å². The van der Waals surface area contributed by atoms with E-state index in [-0.39, 0.29) is 24.6 Å². The summed E-state index contributed by atoms with van der Waals surface area (Å²) in [5.74, 6) is -0.0282. The fourth-order valence-corrected chi connectivity index (χ4v) is 5.19. The minimum absolute atomic E-state index is 0.0282. The van der Waals surface area contributed by atoms with Gasteiger partial charge in [0.05, 0.1) is 17.2 Å². The lowest BCUT2D eigenvalue weighted by atomic mass is 9.74. The Labute approximate surface area is 215 Å². The first kappa shape index (κ1) is 27.0. The van der Waals surface area contributed by atoms with Crippen LogP contribution in [0.1, 0.15) is 84.0 Å². The zero-order valence-electron chi connectivity index (χ0n) is 23.1. The minimum Gasteiger partial charge on any atom is -0.444 e. The fraction of sp³-hybridized carbons (Fsp3) is 0.704. The van der Waals surface area contributed by atoms with Crippen LogP contribution >= 0.6 is 0 Å². The van der Waals surface area contributed by atoms with Crippen LogP contribution in [0.15, 0.2) is 12.1 Å². The average molecular weight is 500 g/mol. The number of ether oxygens (including phenoxy) is 2. The quantitative estimate of drug-likeness (QED) is 0.589. The molecule has 0 unspecified atom stereocenters. The highest BCUT2D eigenvalue weighted by Crippen LogP contribution is 2.40. The first-order valence-electron chi connectivity index (χ1n) is 13.0. The molecule has 2 saturated heterocycles. The molecule has 0 bridgehead atoms. The summed E-state index contributed by atoms with van der Waals surface area (Å²) in [6.45, 7) is 15.7. The monoisotopic (exact) mass is 500 g/mol. The largest absolute Gasteiger partial charge is 0.494 e. The number of methoxy groups -OCH3 is 1. The molecule has 36 heavy (non-hydrogen) atoms. The predicted octanol–water partition coefficient (Wildman–Crippen LogP) is 3.59. The van der Waals surface area contributed by atoms with E-state index in [0.717, 1.165) is 35.9 Å². The van der Waals surface area contributed by atoms with Crippen LogP contribution in [0, 0.1) is 0 Å². The topological polar surface area (TPSA) is 77.5 Å². The normalized spacial score (nSPS) is 23.1. The van der Waals surface area contributed by atoms with Crippen LogP contribution in [-0.2, 0) is 36.5 Å². The molecule has 2 fully saturated rings. The highest BCUT2D eigenvalue weighted by Gasteiger charge is 2.52. The average Bonchev–Trinajstić information content (AvgIpc) is 3.33. The molecule has 9 heteroatoms. The van der Waals surface area contributed by atoms with Gasteiger partial charge in [0.2, 0.25) is 5.91 Å². The maximum atomic E-state index is 13.2. The van der Waals surface area contributed by atoms with Crippen LogP contribution < -0.4 is 5.46 Å². The summed E-state index contributed by atoms with van der Waals surface area (Å²) >= 11 is 0. The third kappa shape index (κ3) is 5.29. The first-order valence-corrected chi connectivity index (χ1v) is 13.0. The third-order valence-electron chi connectivity index (χ3n) is 7.78. The van der Waals surface area contributed by atoms with Crippen LogP contribution in [0.25, 0.3) is 0 Å². The second-order valence-corrected chi connectivity index (χ2v) is 12.2. The third-order valence-corrected chi connectivity index (χ3v) is 7.78. The molecular weight excluding hydrogens is 459 g/mol. The lowest BCUT2D eigenvalue weighted by Crippen LogP contribution is -2.42. The van der Waals surface area contributed by atoms with Crippen molar-refractivity contribution in [1.29, 1.82) is 0 Å². The van der Waals surface area contributed by atoms with Crippen molar-refractivity contribution >= 4 is 24.6 Å². The summed E-state index contributed by atoms with van der Waals surface area (Å²) in [7, 11) is 1.04. The Morgan fingerprint density at radius 1 is 1.11 bits per heavy atom. The van der Waals surface area contributed by atoms with E-state index in [1.54, 1.807) is 0 Å². The van der Waals surface area contributed by atoms with Gasteiger partial charge in [-0.1, -0.05) is 12.1 Å².